The van der Waals surface area contributed by atoms with E-state index >= 15 is 0 Å². The van der Waals surface area contributed by atoms with Crippen LogP contribution in [0, 0.1) is 5.41 Å². The van der Waals surface area contributed by atoms with Crippen LogP contribution < -0.4 is 0 Å². The van der Waals surface area contributed by atoms with Gasteiger partial charge in [-0.15, -0.1) is 0 Å². The van der Waals surface area contributed by atoms with Gasteiger partial charge in [0, 0.05) is 19.6 Å². The van der Waals surface area contributed by atoms with Crippen LogP contribution >= 0.6 is 0 Å². The molecule has 0 saturated heterocycles. The Morgan fingerprint density at radius 1 is 0.870 bits per heavy atom. The molecule has 0 heterocycles. The predicted molar refractivity (Wildman–Crippen MR) is 103 cm³/mol. The molecule has 23 heavy (non-hydrogen) atoms. The third kappa shape index (κ3) is 4.56. The van der Waals surface area contributed by atoms with Crippen LogP contribution in [0.1, 0.15) is 54.4 Å². The Labute approximate surface area is 145 Å². The third-order valence-corrected chi connectivity index (χ3v) is 15.4. The van der Waals surface area contributed by atoms with E-state index < -0.39 is 16.6 Å². The molecule has 1 aliphatic carbocycles. The first kappa shape index (κ1) is 21.1. The molecule has 0 unspecified atom stereocenters. The second kappa shape index (κ2) is 6.39. The van der Waals surface area contributed by atoms with E-state index in [4.69, 9.17) is 8.85 Å². The Hall–Kier alpha value is 0.0238. The van der Waals surface area contributed by atoms with E-state index in [-0.39, 0.29) is 15.5 Å². The van der Waals surface area contributed by atoms with Crippen molar-refractivity contribution < 1.29 is 13.6 Å². The Morgan fingerprint density at radius 3 is 1.39 bits per heavy atom. The molecule has 0 N–H and O–H groups in total. The molecular formula is C18H38O3Si2. The Morgan fingerprint density at radius 2 is 1.22 bits per heavy atom. The molecule has 0 aromatic heterocycles. The first-order chi connectivity index (χ1) is 10.0. The van der Waals surface area contributed by atoms with Crippen molar-refractivity contribution in [1.82, 2.24) is 0 Å². The molecule has 0 aliphatic heterocycles. The fourth-order valence-electron chi connectivity index (χ4n) is 2.00. The fourth-order valence-corrected chi connectivity index (χ4v) is 4.14. The molecular weight excluding hydrogens is 320 g/mol. The van der Waals surface area contributed by atoms with Gasteiger partial charge in [0.15, 0.2) is 16.6 Å². The smallest absolute Gasteiger partial charge is 0.192 e. The molecule has 1 saturated carbocycles. The Balaban J connectivity index is 2.77. The molecule has 1 rings (SSSR count). The van der Waals surface area contributed by atoms with E-state index in [0.29, 0.717) is 25.4 Å². The summed E-state index contributed by atoms with van der Waals surface area (Å²) in [5.74, 6) is 0.329. The van der Waals surface area contributed by atoms with Gasteiger partial charge in [0.05, 0.1) is 5.41 Å². The van der Waals surface area contributed by atoms with E-state index in [1.54, 1.807) is 0 Å². The lowest BCUT2D eigenvalue weighted by Gasteiger charge is -2.46. The molecule has 1 aliphatic rings. The van der Waals surface area contributed by atoms with Crippen molar-refractivity contribution in [1.29, 1.82) is 0 Å². The van der Waals surface area contributed by atoms with Crippen LogP contribution in [0.5, 0.6) is 0 Å². The second-order valence-electron chi connectivity index (χ2n) is 10.3. The maximum absolute atomic E-state index is 12.4. The topological polar surface area (TPSA) is 35.5 Å². The molecule has 3 nitrogen and oxygen atoms in total. The maximum Gasteiger partial charge on any atom is 0.192 e. The minimum absolute atomic E-state index is 0.168. The maximum atomic E-state index is 12.4. The SMILES string of the molecule is CC(C)(C)[Si](C)(C)OCC1(CO[Si](C)(C)C(C)(C)C)CCC1=O. The lowest BCUT2D eigenvalue weighted by Crippen LogP contribution is -2.54. The first-order valence-electron chi connectivity index (χ1n) is 8.85. The highest BCUT2D eigenvalue weighted by atomic mass is 28.4. The Kier molecular flexibility index (Phi) is 5.86. The molecule has 0 radical (unpaired) electrons. The number of Topliss-reactive ketones (excluding diaryl/α,β-unsaturated/α-hetero) is 1. The molecule has 0 atom stereocenters. The average molecular weight is 359 g/mol. The van der Waals surface area contributed by atoms with Gasteiger partial charge in [-0.3, -0.25) is 4.79 Å². The van der Waals surface area contributed by atoms with Gasteiger partial charge in [0.2, 0.25) is 0 Å². The summed E-state index contributed by atoms with van der Waals surface area (Å²) in [6.07, 6.45) is 1.59. The summed E-state index contributed by atoms with van der Waals surface area (Å²) >= 11 is 0. The molecule has 0 aromatic carbocycles. The zero-order valence-corrected chi connectivity index (χ0v) is 19.1. The summed E-state index contributed by atoms with van der Waals surface area (Å²) in [6.45, 7) is 23.5. The van der Waals surface area contributed by atoms with Gasteiger partial charge in [-0.05, 0) is 42.7 Å². The first-order valence-corrected chi connectivity index (χ1v) is 14.7. The number of rotatable bonds is 6. The minimum Gasteiger partial charge on any atom is -0.416 e. The van der Waals surface area contributed by atoms with Gasteiger partial charge >= 0.3 is 0 Å². The number of carbonyl (C=O) groups excluding carboxylic acids is 1. The number of hydrogen-bond donors (Lipinski definition) is 0. The monoisotopic (exact) mass is 358 g/mol. The summed E-state index contributed by atoms with van der Waals surface area (Å²) in [4.78, 5) is 12.4. The predicted octanol–water partition coefficient (Wildman–Crippen LogP) is 5.38. The summed E-state index contributed by atoms with van der Waals surface area (Å²) in [5, 5.41) is 0.336. The number of ketones is 1. The number of carbonyl (C=O) groups is 1. The molecule has 0 bridgehead atoms. The van der Waals surface area contributed by atoms with Crippen molar-refractivity contribution in [3.8, 4) is 0 Å². The van der Waals surface area contributed by atoms with Crippen molar-refractivity contribution in [3.05, 3.63) is 0 Å². The highest BCUT2D eigenvalue weighted by Gasteiger charge is 2.50. The lowest BCUT2D eigenvalue weighted by atomic mass is 9.69. The highest BCUT2D eigenvalue weighted by molar-refractivity contribution is 6.74. The molecule has 5 heteroatoms. The minimum atomic E-state index is -1.83. The molecule has 0 amide bonds. The molecule has 136 valence electrons. The van der Waals surface area contributed by atoms with E-state index in [1.165, 1.54) is 0 Å². The van der Waals surface area contributed by atoms with Crippen molar-refractivity contribution in [3.63, 3.8) is 0 Å². The van der Waals surface area contributed by atoms with Crippen LogP contribution in [0.25, 0.3) is 0 Å². The van der Waals surface area contributed by atoms with Crippen LogP contribution in [-0.4, -0.2) is 35.6 Å². The molecule has 0 spiro atoms. The number of hydrogen-bond acceptors (Lipinski definition) is 3. The summed E-state index contributed by atoms with van der Waals surface area (Å²) in [7, 11) is -3.67. The summed E-state index contributed by atoms with van der Waals surface area (Å²) in [6, 6.07) is 0. The van der Waals surface area contributed by atoms with E-state index in [1.807, 2.05) is 0 Å². The van der Waals surface area contributed by atoms with E-state index in [9.17, 15) is 4.79 Å². The zero-order valence-electron chi connectivity index (χ0n) is 17.1. The normalized spacial score (nSPS) is 19.7. The van der Waals surface area contributed by atoms with Gasteiger partial charge in [0.1, 0.15) is 5.78 Å². The summed E-state index contributed by atoms with van der Waals surface area (Å²) < 4.78 is 12.8. The lowest BCUT2D eigenvalue weighted by molar-refractivity contribution is -0.144. The van der Waals surface area contributed by atoms with Crippen molar-refractivity contribution in [2.24, 2.45) is 5.41 Å². The van der Waals surface area contributed by atoms with Crippen LogP contribution in [0.15, 0.2) is 0 Å². The van der Waals surface area contributed by atoms with Crippen LogP contribution in [0.2, 0.25) is 36.3 Å². The van der Waals surface area contributed by atoms with Crippen LogP contribution in [0.4, 0.5) is 0 Å². The largest absolute Gasteiger partial charge is 0.416 e. The van der Waals surface area contributed by atoms with Crippen molar-refractivity contribution >= 4 is 22.4 Å². The summed E-state index contributed by atoms with van der Waals surface area (Å²) in [5.41, 5.74) is -0.384. The third-order valence-electron chi connectivity index (χ3n) is 6.45. The van der Waals surface area contributed by atoms with Gasteiger partial charge < -0.3 is 8.85 Å². The van der Waals surface area contributed by atoms with E-state index in [2.05, 4.69) is 67.7 Å². The van der Waals surface area contributed by atoms with Gasteiger partial charge in [-0.2, -0.15) is 0 Å². The van der Waals surface area contributed by atoms with Gasteiger partial charge in [0.25, 0.3) is 0 Å². The van der Waals surface area contributed by atoms with Crippen LogP contribution in [-0.2, 0) is 13.6 Å². The van der Waals surface area contributed by atoms with Crippen molar-refractivity contribution in [2.45, 2.75) is 90.6 Å². The van der Waals surface area contributed by atoms with Crippen molar-refractivity contribution in [2.75, 3.05) is 13.2 Å². The van der Waals surface area contributed by atoms with E-state index in [0.717, 1.165) is 6.42 Å². The molecule has 0 aromatic rings. The standard InChI is InChI=1S/C18H38O3Si2/c1-16(2,3)22(7,8)20-13-18(12-11-15(18)19)14-21-23(9,10)17(4,5)6/h11-14H2,1-10H3. The van der Waals surface area contributed by atoms with Crippen LogP contribution in [0.3, 0.4) is 0 Å². The fraction of sp³-hybridized carbons (Fsp3) is 0.944. The van der Waals surface area contributed by atoms with Gasteiger partial charge in [-0.25, -0.2) is 0 Å². The molecule has 1 fully saturated rings. The quantitative estimate of drug-likeness (QED) is 0.598. The second-order valence-corrected chi connectivity index (χ2v) is 19.9. The zero-order chi connectivity index (χ0) is 18.3. The average Bonchev–Trinajstić information content (AvgIpc) is 2.34. The van der Waals surface area contributed by atoms with Gasteiger partial charge in [-0.1, -0.05) is 41.5 Å². The Bertz CT molecular complexity index is 412. The highest BCUT2D eigenvalue weighted by Crippen LogP contribution is 2.44.